The van der Waals surface area contributed by atoms with Gasteiger partial charge in [0.1, 0.15) is 0 Å². The first-order chi connectivity index (χ1) is 8.34. The maximum absolute atomic E-state index is 12.5. The van der Waals surface area contributed by atoms with Gasteiger partial charge in [-0.15, -0.1) is 0 Å². The largest absolute Gasteiger partial charge is 0.478 e. The Morgan fingerprint density at radius 2 is 2.00 bits per heavy atom. The molecular formula is C12H6F3NO2. The number of alkyl halides is 3. The summed E-state index contributed by atoms with van der Waals surface area (Å²) in [6, 6.07) is 4.02. The van der Waals surface area contributed by atoms with Gasteiger partial charge in [-0.05, 0) is 18.2 Å². The highest BCUT2D eigenvalue weighted by Crippen LogP contribution is 2.30. The standard InChI is InChI=1S/C12H6F3NO2/c13-12(14,15)10-6-8(3-1-2-4-16)5-9(7-10)11(17)18/h5-7H,2H2,(H,17,18). The number of aromatic carboxylic acids is 1. The van der Waals surface area contributed by atoms with Crippen molar-refractivity contribution in [1.29, 1.82) is 5.26 Å². The van der Waals surface area contributed by atoms with Crippen LogP contribution in [0.15, 0.2) is 18.2 Å². The van der Waals surface area contributed by atoms with Crippen LogP contribution in [0.3, 0.4) is 0 Å². The van der Waals surface area contributed by atoms with E-state index in [0.29, 0.717) is 6.07 Å². The second kappa shape index (κ2) is 5.24. The molecule has 0 spiro atoms. The molecule has 1 aromatic carbocycles. The fraction of sp³-hybridized carbons (Fsp3) is 0.167. The molecule has 0 amide bonds. The topological polar surface area (TPSA) is 61.1 Å². The molecule has 3 nitrogen and oxygen atoms in total. The SMILES string of the molecule is N#CCC#Cc1cc(C(=O)O)cc(C(F)(F)F)c1. The third-order valence-electron chi connectivity index (χ3n) is 1.91. The minimum atomic E-state index is -4.64. The Morgan fingerprint density at radius 3 is 2.50 bits per heavy atom. The first-order valence-corrected chi connectivity index (χ1v) is 4.66. The van der Waals surface area contributed by atoms with E-state index in [9.17, 15) is 18.0 Å². The number of hydrogen-bond acceptors (Lipinski definition) is 2. The molecule has 0 bridgehead atoms. The number of nitriles is 1. The van der Waals surface area contributed by atoms with Crippen molar-refractivity contribution in [3.8, 4) is 17.9 Å². The Morgan fingerprint density at radius 1 is 1.33 bits per heavy atom. The number of rotatable bonds is 1. The summed E-state index contributed by atoms with van der Waals surface area (Å²) >= 11 is 0. The maximum atomic E-state index is 12.5. The molecule has 1 N–H and O–H groups in total. The Balaban J connectivity index is 3.29. The zero-order valence-electron chi connectivity index (χ0n) is 8.88. The van der Waals surface area contributed by atoms with Crippen molar-refractivity contribution in [2.24, 2.45) is 0 Å². The van der Waals surface area contributed by atoms with Gasteiger partial charge >= 0.3 is 12.1 Å². The van der Waals surface area contributed by atoms with Crippen LogP contribution in [0.25, 0.3) is 0 Å². The van der Waals surface area contributed by atoms with Crippen LogP contribution in [0.2, 0.25) is 0 Å². The molecule has 0 atom stereocenters. The number of hydrogen-bond donors (Lipinski definition) is 1. The van der Waals surface area contributed by atoms with Gasteiger partial charge in [-0.25, -0.2) is 4.79 Å². The molecule has 0 fully saturated rings. The lowest BCUT2D eigenvalue weighted by atomic mass is 10.1. The predicted octanol–water partition coefficient (Wildman–Crippen LogP) is 2.67. The highest BCUT2D eigenvalue weighted by atomic mass is 19.4. The second-order valence-electron chi connectivity index (χ2n) is 3.24. The van der Waals surface area contributed by atoms with Crippen LogP contribution in [0, 0.1) is 23.2 Å². The van der Waals surface area contributed by atoms with Crippen molar-refractivity contribution in [2.45, 2.75) is 12.6 Å². The van der Waals surface area contributed by atoms with Gasteiger partial charge < -0.3 is 5.11 Å². The van der Waals surface area contributed by atoms with Crippen LogP contribution in [0.4, 0.5) is 13.2 Å². The minimum absolute atomic E-state index is 0.0857. The van der Waals surface area contributed by atoms with Gasteiger partial charge in [-0.2, -0.15) is 18.4 Å². The molecule has 0 heterocycles. The monoisotopic (exact) mass is 253 g/mol. The molecule has 18 heavy (non-hydrogen) atoms. The summed E-state index contributed by atoms with van der Waals surface area (Å²) in [5.41, 5.74) is -1.66. The van der Waals surface area contributed by atoms with Crippen molar-refractivity contribution in [1.82, 2.24) is 0 Å². The lowest BCUT2D eigenvalue weighted by molar-refractivity contribution is -0.137. The van der Waals surface area contributed by atoms with E-state index in [1.807, 2.05) is 0 Å². The first kappa shape index (κ1) is 13.6. The van der Waals surface area contributed by atoms with Crippen LogP contribution >= 0.6 is 0 Å². The quantitative estimate of drug-likeness (QED) is 0.782. The molecule has 0 saturated heterocycles. The number of carboxylic acids is 1. The van der Waals surface area contributed by atoms with E-state index in [1.54, 1.807) is 6.07 Å². The van der Waals surface area contributed by atoms with Crippen LogP contribution in [0.1, 0.15) is 27.9 Å². The summed E-state index contributed by atoms with van der Waals surface area (Å²) in [7, 11) is 0. The van der Waals surface area contributed by atoms with E-state index >= 15 is 0 Å². The normalized spacial score (nSPS) is 10.1. The molecule has 0 unspecified atom stereocenters. The third-order valence-corrected chi connectivity index (χ3v) is 1.91. The zero-order chi connectivity index (χ0) is 13.8. The Bertz CT molecular complexity index is 574. The molecule has 0 radical (unpaired) electrons. The maximum Gasteiger partial charge on any atom is 0.416 e. The van der Waals surface area contributed by atoms with E-state index in [0.717, 1.165) is 12.1 Å². The molecule has 6 heteroatoms. The molecule has 0 aromatic heterocycles. The summed E-state index contributed by atoms with van der Waals surface area (Å²) in [6.07, 6.45) is -4.78. The Labute approximate surface area is 100 Å². The fourth-order valence-electron chi connectivity index (χ4n) is 1.17. The van der Waals surface area contributed by atoms with Gasteiger partial charge in [-0.3, -0.25) is 0 Å². The molecule has 0 aliphatic rings. The molecule has 1 aromatic rings. The first-order valence-electron chi connectivity index (χ1n) is 4.66. The third kappa shape index (κ3) is 3.53. The minimum Gasteiger partial charge on any atom is -0.478 e. The predicted molar refractivity (Wildman–Crippen MR) is 55.5 cm³/mol. The van der Waals surface area contributed by atoms with Crippen LogP contribution in [0.5, 0.6) is 0 Å². The van der Waals surface area contributed by atoms with E-state index < -0.39 is 23.3 Å². The average molecular weight is 253 g/mol. The van der Waals surface area contributed by atoms with Gasteiger partial charge in [0.05, 0.1) is 23.6 Å². The Kier molecular flexibility index (Phi) is 3.96. The lowest BCUT2D eigenvalue weighted by Crippen LogP contribution is -2.08. The van der Waals surface area contributed by atoms with Crippen molar-refractivity contribution in [3.05, 3.63) is 34.9 Å². The highest BCUT2D eigenvalue weighted by molar-refractivity contribution is 5.88. The van der Waals surface area contributed by atoms with Crippen molar-refractivity contribution in [2.75, 3.05) is 0 Å². The average Bonchev–Trinajstić information content (AvgIpc) is 2.28. The highest BCUT2D eigenvalue weighted by Gasteiger charge is 2.31. The summed E-state index contributed by atoms with van der Waals surface area (Å²) in [5.74, 6) is 3.17. The van der Waals surface area contributed by atoms with Crippen molar-refractivity contribution >= 4 is 5.97 Å². The van der Waals surface area contributed by atoms with E-state index in [-0.39, 0.29) is 12.0 Å². The second-order valence-corrected chi connectivity index (χ2v) is 3.24. The Hall–Kier alpha value is -2.47. The number of carbonyl (C=O) groups is 1. The van der Waals surface area contributed by atoms with Crippen LogP contribution in [-0.2, 0) is 6.18 Å². The van der Waals surface area contributed by atoms with E-state index in [4.69, 9.17) is 10.4 Å². The van der Waals surface area contributed by atoms with E-state index in [2.05, 4.69) is 11.8 Å². The summed E-state index contributed by atoms with van der Waals surface area (Å²) in [6.45, 7) is 0. The summed E-state index contributed by atoms with van der Waals surface area (Å²) in [5, 5.41) is 16.9. The fourth-order valence-corrected chi connectivity index (χ4v) is 1.17. The molecular weight excluding hydrogens is 247 g/mol. The van der Waals surface area contributed by atoms with E-state index in [1.165, 1.54) is 0 Å². The van der Waals surface area contributed by atoms with Crippen LogP contribution in [-0.4, -0.2) is 11.1 Å². The smallest absolute Gasteiger partial charge is 0.416 e. The lowest BCUT2D eigenvalue weighted by Gasteiger charge is -2.08. The van der Waals surface area contributed by atoms with Gasteiger partial charge in [-0.1, -0.05) is 11.8 Å². The number of nitrogens with zero attached hydrogens (tertiary/aromatic N) is 1. The molecule has 92 valence electrons. The van der Waals surface area contributed by atoms with Gasteiger partial charge in [0.2, 0.25) is 0 Å². The molecule has 0 aliphatic heterocycles. The molecule has 1 rings (SSSR count). The van der Waals surface area contributed by atoms with Crippen molar-refractivity contribution in [3.63, 3.8) is 0 Å². The number of halogens is 3. The van der Waals surface area contributed by atoms with Gasteiger partial charge in [0, 0.05) is 5.56 Å². The number of benzene rings is 1. The van der Waals surface area contributed by atoms with Crippen molar-refractivity contribution < 1.29 is 23.1 Å². The van der Waals surface area contributed by atoms with Crippen LogP contribution < -0.4 is 0 Å². The zero-order valence-corrected chi connectivity index (χ0v) is 8.88. The van der Waals surface area contributed by atoms with Gasteiger partial charge in [0.15, 0.2) is 0 Å². The summed E-state index contributed by atoms with van der Waals surface area (Å²) in [4.78, 5) is 10.7. The summed E-state index contributed by atoms with van der Waals surface area (Å²) < 4.78 is 37.5. The molecule has 0 saturated carbocycles. The number of carboxylic acid groups (broad SMARTS) is 1. The van der Waals surface area contributed by atoms with Gasteiger partial charge in [0.25, 0.3) is 0 Å². The molecule has 0 aliphatic carbocycles.